The van der Waals surface area contributed by atoms with Gasteiger partial charge < -0.3 is 15.4 Å². The van der Waals surface area contributed by atoms with Gasteiger partial charge >= 0.3 is 12.0 Å². The number of ether oxygens (including phenoxy) is 1. The normalized spacial score (nSPS) is 8.78. The first kappa shape index (κ1) is 13.6. The van der Waals surface area contributed by atoms with Crippen LogP contribution >= 0.6 is 0 Å². The predicted octanol–water partition coefficient (Wildman–Crippen LogP) is 1.62. The van der Waals surface area contributed by atoms with E-state index in [0.717, 1.165) is 0 Å². The summed E-state index contributed by atoms with van der Waals surface area (Å²) in [6, 6.07) is 6.05. The van der Waals surface area contributed by atoms with Crippen LogP contribution in [0.1, 0.15) is 17.3 Å². The summed E-state index contributed by atoms with van der Waals surface area (Å²) in [6.07, 6.45) is 0. The first-order valence-electron chi connectivity index (χ1n) is 5.30. The van der Waals surface area contributed by atoms with Crippen molar-refractivity contribution in [3.8, 4) is 11.8 Å². The maximum atomic E-state index is 11.4. The number of hydrogen-bond acceptors (Lipinski definition) is 3. The van der Waals surface area contributed by atoms with Gasteiger partial charge in [0.1, 0.15) is 0 Å². The van der Waals surface area contributed by atoms with E-state index in [4.69, 9.17) is 0 Å². The van der Waals surface area contributed by atoms with Gasteiger partial charge in [0.05, 0.1) is 19.2 Å². The highest BCUT2D eigenvalue weighted by atomic mass is 16.5. The Morgan fingerprint density at radius 1 is 1.28 bits per heavy atom. The molecule has 2 N–H and O–H groups in total. The Balaban J connectivity index is 2.54. The van der Waals surface area contributed by atoms with Crippen LogP contribution in [0.15, 0.2) is 24.3 Å². The number of rotatable bonds is 3. The number of urea groups is 1. The maximum Gasteiger partial charge on any atom is 0.337 e. The Labute approximate surface area is 106 Å². The van der Waals surface area contributed by atoms with Gasteiger partial charge in [0, 0.05) is 5.69 Å². The minimum absolute atomic E-state index is 0.294. The molecule has 1 rings (SSSR count). The lowest BCUT2D eigenvalue weighted by molar-refractivity contribution is 0.0601. The molecule has 2 amide bonds. The molecule has 0 radical (unpaired) electrons. The largest absolute Gasteiger partial charge is 0.465 e. The molecule has 1 aromatic carbocycles. The monoisotopic (exact) mass is 246 g/mol. The molecule has 0 aliphatic heterocycles. The van der Waals surface area contributed by atoms with Crippen LogP contribution in [0.25, 0.3) is 0 Å². The van der Waals surface area contributed by atoms with Crippen molar-refractivity contribution in [1.82, 2.24) is 5.32 Å². The predicted molar refractivity (Wildman–Crippen MR) is 68.3 cm³/mol. The van der Waals surface area contributed by atoms with Gasteiger partial charge in [0.25, 0.3) is 0 Å². The molecule has 18 heavy (non-hydrogen) atoms. The number of carbonyl (C=O) groups is 2. The molecular formula is C13H14N2O3. The number of anilines is 1. The number of carbonyl (C=O) groups excluding carboxylic acids is 2. The molecule has 0 aromatic heterocycles. The van der Waals surface area contributed by atoms with Gasteiger partial charge in [0.2, 0.25) is 0 Å². The second kappa shape index (κ2) is 6.97. The van der Waals surface area contributed by atoms with Gasteiger partial charge in [-0.05, 0) is 31.2 Å². The van der Waals surface area contributed by atoms with Crippen LogP contribution in [-0.2, 0) is 4.74 Å². The lowest BCUT2D eigenvalue weighted by Gasteiger charge is -2.06. The zero-order valence-electron chi connectivity index (χ0n) is 10.2. The molecule has 94 valence electrons. The van der Waals surface area contributed by atoms with E-state index in [2.05, 4.69) is 27.2 Å². The summed E-state index contributed by atoms with van der Waals surface area (Å²) in [6.45, 7) is 1.99. The topological polar surface area (TPSA) is 67.4 Å². The van der Waals surface area contributed by atoms with E-state index in [9.17, 15) is 9.59 Å². The number of methoxy groups -OCH3 is 1. The van der Waals surface area contributed by atoms with Crippen molar-refractivity contribution in [1.29, 1.82) is 0 Å². The third-order valence-electron chi connectivity index (χ3n) is 2.08. The number of amides is 2. The Bertz CT molecular complexity index is 483. The molecule has 0 bridgehead atoms. The Hall–Kier alpha value is -2.48. The van der Waals surface area contributed by atoms with Crippen LogP contribution in [-0.4, -0.2) is 25.7 Å². The summed E-state index contributed by atoms with van der Waals surface area (Å²) in [5.41, 5.74) is 1.02. The zero-order valence-corrected chi connectivity index (χ0v) is 10.2. The van der Waals surface area contributed by atoms with Crippen LogP contribution in [0, 0.1) is 11.8 Å². The summed E-state index contributed by atoms with van der Waals surface area (Å²) in [7, 11) is 1.32. The van der Waals surface area contributed by atoms with Crippen LogP contribution in [0.3, 0.4) is 0 Å². The van der Waals surface area contributed by atoms with Crippen molar-refractivity contribution in [3.63, 3.8) is 0 Å². The smallest absolute Gasteiger partial charge is 0.337 e. The van der Waals surface area contributed by atoms with Crippen LogP contribution < -0.4 is 10.6 Å². The number of benzene rings is 1. The van der Waals surface area contributed by atoms with E-state index < -0.39 is 5.97 Å². The lowest BCUT2D eigenvalue weighted by atomic mass is 10.2. The SMILES string of the molecule is CC#CCNC(=O)Nc1ccc(C(=O)OC)cc1. The highest BCUT2D eigenvalue weighted by Crippen LogP contribution is 2.10. The summed E-state index contributed by atoms with van der Waals surface area (Å²) in [4.78, 5) is 22.6. The molecule has 0 unspecified atom stereocenters. The maximum absolute atomic E-state index is 11.4. The van der Waals surface area contributed by atoms with Crippen molar-refractivity contribution in [2.75, 3.05) is 19.0 Å². The molecule has 0 aliphatic carbocycles. The van der Waals surface area contributed by atoms with Crippen molar-refractivity contribution < 1.29 is 14.3 Å². The van der Waals surface area contributed by atoms with Gasteiger partial charge in [-0.1, -0.05) is 5.92 Å². The molecule has 0 saturated carbocycles. The summed E-state index contributed by atoms with van der Waals surface area (Å²) < 4.78 is 4.57. The van der Waals surface area contributed by atoms with Gasteiger partial charge in [-0.25, -0.2) is 9.59 Å². The minimum atomic E-state index is -0.413. The summed E-state index contributed by atoms with van der Waals surface area (Å²) in [5.74, 6) is 4.97. The van der Waals surface area contributed by atoms with E-state index in [0.29, 0.717) is 17.8 Å². The quantitative estimate of drug-likeness (QED) is 0.629. The van der Waals surface area contributed by atoms with Gasteiger partial charge in [-0.2, -0.15) is 0 Å². The minimum Gasteiger partial charge on any atom is -0.465 e. The first-order chi connectivity index (χ1) is 8.67. The Morgan fingerprint density at radius 2 is 1.94 bits per heavy atom. The molecule has 5 heteroatoms. The molecule has 0 heterocycles. The molecule has 0 atom stereocenters. The fraction of sp³-hybridized carbons (Fsp3) is 0.231. The van der Waals surface area contributed by atoms with E-state index in [1.54, 1.807) is 31.2 Å². The zero-order chi connectivity index (χ0) is 13.4. The van der Waals surface area contributed by atoms with E-state index in [-0.39, 0.29) is 6.03 Å². The van der Waals surface area contributed by atoms with Gasteiger partial charge in [-0.15, -0.1) is 5.92 Å². The standard InChI is InChI=1S/C13H14N2O3/c1-3-4-9-14-13(17)15-11-7-5-10(6-8-11)12(16)18-2/h5-8H,9H2,1-2H3,(H2,14,15,17). The number of hydrogen-bond donors (Lipinski definition) is 2. The average molecular weight is 246 g/mol. The number of esters is 1. The average Bonchev–Trinajstić information content (AvgIpc) is 2.39. The molecule has 0 aliphatic rings. The Morgan fingerprint density at radius 3 is 2.50 bits per heavy atom. The van der Waals surface area contributed by atoms with Crippen LogP contribution in [0.5, 0.6) is 0 Å². The second-order valence-electron chi connectivity index (χ2n) is 3.30. The third kappa shape index (κ3) is 4.18. The van der Waals surface area contributed by atoms with Crippen LogP contribution in [0.2, 0.25) is 0 Å². The first-order valence-corrected chi connectivity index (χ1v) is 5.30. The fourth-order valence-electron chi connectivity index (χ4n) is 1.20. The summed E-state index contributed by atoms with van der Waals surface area (Å²) >= 11 is 0. The molecule has 5 nitrogen and oxygen atoms in total. The molecule has 0 saturated heterocycles. The molecule has 0 spiro atoms. The van der Waals surface area contributed by atoms with Crippen molar-refractivity contribution in [2.45, 2.75) is 6.92 Å². The highest BCUT2D eigenvalue weighted by Gasteiger charge is 2.05. The lowest BCUT2D eigenvalue weighted by Crippen LogP contribution is -2.28. The van der Waals surface area contributed by atoms with E-state index in [1.807, 2.05) is 0 Å². The highest BCUT2D eigenvalue weighted by molar-refractivity contribution is 5.92. The van der Waals surface area contributed by atoms with Crippen molar-refractivity contribution in [2.24, 2.45) is 0 Å². The van der Waals surface area contributed by atoms with E-state index >= 15 is 0 Å². The molecule has 1 aromatic rings. The van der Waals surface area contributed by atoms with Gasteiger partial charge in [-0.3, -0.25) is 0 Å². The van der Waals surface area contributed by atoms with Crippen molar-refractivity contribution in [3.05, 3.63) is 29.8 Å². The fourth-order valence-corrected chi connectivity index (χ4v) is 1.20. The molecule has 0 fully saturated rings. The van der Waals surface area contributed by atoms with E-state index in [1.165, 1.54) is 7.11 Å². The Kier molecular flexibility index (Phi) is 5.26. The van der Waals surface area contributed by atoms with Crippen LogP contribution in [0.4, 0.5) is 10.5 Å². The third-order valence-corrected chi connectivity index (χ3v) is 2.08. The molecular weight excluding hydrogens is 232 g/mol. The van der Waals surface area contributed by atoms with Gasteiger partial charge in [0.15, 0.2) is 0 Å². The number of nitrogens with one attached hydrogen (secondary N) is 2. The second-order valence-corrected chi connectivity index (χ2v) is 3.30. The summed E-state index contributed by atoms with van der Waals surface area (Å²) in [5, 5.41) is 5.18. The van der Waals surface area contributed by atoms with Crippen molar-refractivity contribution >= 4 is 17.7 Å².